The molecule has 1 saturated heterocycles. The number of nitrogens with zero attached hydrogens (tertiary/aromatic N) is 2. The molecular weight excluding hydrogens is 260 g/mol. The molecule has 2 aliphatic rings. The minimum Gasteiger partial charge on any atom is -0.447 e. The van der Waals surface area contributed by atoms with Crippen molar-refractivity contribution in [3.8, 4) is 0 Å². The molecular formula is C14H14N2O4. The molecule has 0 aromatic heterocycles. The molecule has 0 aliphatic carbocycles. The first-order valence-electron chi connectivity index (χ1n) is 6.46. The Bertz CT molecular complexity index is 570. The topological polar surface area (TPSA) is 68.2 Å². The van der Waals surface area contributed by atoms with E-state index < -0.39 is 18.1 Å². The van der Waals surface area contributed by atoms with Crippen molar-refractivity contribution < 1.29 is 19.2 Å². The van der Waals surface area contributed by atoms with E-state index in [1.54, 1.807) is 6.92 Å². The van der Waals surface area contributed by atoms with Crippen molar-refractivity contribution in [3.63, 3.8) is 0 Å². The number of amides is 2. The van der Waals surface area contributed by atoms with E-state index in [1.165, 1.54) is 0 Å². The Morgan fingerprint density at radius 1 is 1.35 bits per heavy atom. The van der Waals surface area contributed by atoms with Crippen molar-refractivity contribution in [2.45, 2.75) is 13.0 Å². The highest BCUT2D eigenvalue weighted by atomic mass is 16.6. The van der Waals surface area contributed by atoms with Crippen LogP contribution in [0, 0.1) is 5.92 Å². The SMILES string of the molecule is C[C@H]1ON=C(c2ccccc2)[C@@H]1C(=O)N1CCOC1=O. The second-order valence-electron chi connectivity index (χ2n) is 4.73. The maximum Gasteiger partial charge on any atom is 0.416 e. The van der Waals surface area contributed by atoms with Crippen molar-refractivity contribution in [3.05, 3.63) is 35.9 Å². The van der Waals surface area contributed by atoms with Gasteiger partial charge in [-0.05, 0) is 6.92 Å². The highest BCUT2D eigenvalue weighted by Crippen LogP contribution is 2.26. The predicted molar refractivity (Wildman–Crippen MR) is 70.1 cm³/mol. The van der Waals surface area contributed by atoms with Gasteiger partial charge in [-0.25, -0.2) is 9.69 Å². The third kappa shape index (κ3) is 2.03. The number of hydrogen-bond donors (Lipinski definition) is 0. The van der Waals surface area contributed by atoms with Gasteiger partial charge < -0.3 is 9.57 Å². The predicted octanol–water partition coefficient (Wildman–Crippen LogP) is 1.40. The number of imide groups is 1. The third-order valence-electron chi connectivity index (χ3n) is 3.44. The second-order valence-corrected chi connectivity index (χ2v) is 4.73. The van der Waals surface area contributed by atoms with E-state index in [1.807, 2.05) is 30.3 Å². The molecule has 0 unspecified atom stereocenters. The maximum absolute atomic E-state index is 12.5. The van der Waals surface area contributed by atoms with Gasteiger partial charge in [-0.2, -0.15) is 0 Å². The lowest BCUT2D eigenvalue weighted by Crippen LogP contribution is -2.42. The average molecular weight is 274 g/mol. The molecule has 1 aromatic carbocycles. The Morgan fingerprint density at radius 3 is 2.75 bits per heavy atom. The zero-order chi connectivity index (χ0) is 14.1. The summed E-state index contributed by atoms with van der Waals surface area (Å²) in [5.74, 6) is -0.900. The van der Waals surface area contributed by atoms with Crippen LogP contribution in [0.15, 0.2) is 35.5 Å². The van der Waals surface area contributed by atoms with Crippen LogP contribution in [-0.2, 0) is 14.4 Å². The fourth-order valence-corrected chi connectivity index (χ4v) is 2.40. The lowest BCUT2D eigenvalue weighted by Gasteiger charge is -2.19. The van der Waals surface area contributed by atoms with Crippen LogP contribution in [0.4, 0.5) is 4.79 Å². The number of oxime groups is 1. The summed E-state index contributed by atoms with van der Waals surface area (Å²) >= 11 is 0. The van der Waals surface area contributed by atoms with E-state index >= 15 is 0 Å². The molecule has 2 atom stereocenters. The molecule has 6 nitrogen and oxygen atoms in total. The van der Waals surface area contributed by atoms with E-state index in [2.05, 4.69) is 5.16 Å². The van der Waals surface area contributed by atoms with Gasteiger partial charge in [0, 0.05) is 5.56 Å². The Labute approximate surface area is 115 Å². The maximum atomic E-state index is 12.5. The van der Waals surface area contributed by atoms with Gasteiger partial charge in [0.2, 0.25) is 5.91 Å². The largest absolute Gasteiger partial charge is 0.447 e. The first-order valence-corrected chi connectivity index (χ1v) is 6.46. The number of hydrogen-bond acceptors (Lipinski definition) is 5. The van der Waals surface area contributed by atoms with Crippen LogP contribution in [-0.4, -0.2) is 41.9 Å². The monoisotopic (exact) mass is 274 g/mol. The van der Waals surface area contributed by atoms with Gasteiger partial charge in [0.25, 0.3) is 0 Å². The summed E-state index contributed by atoms with van der Waals surface area (Å²) < 4.78 is 4.81. The third-order valence-corrected chi connectivity index (χ3v) is 3.44. The molecule has 104 valence electrons. The van der Waals surface area contributed by atoms with Crippen molar-refractivity contribution in [2.75, 3.05) is 13.2 Å². The summed E-state index contributed by atoms with van der Waals surface area (Å²) in [5.41, 5.74) is 1.38. The number of carbonyl (C=O) groups is 2. The number of benzene rings is 1. The van der Waals surface area contributed by atoms with Gasteiger partial charge in [0.15, 0.2) is 0 Å². The van der Waals surface area contributed by atoms with E-state index in [4.69, 9.17) is 9.57 Å². The number of cyclic esters (lactones) is 1. The van der Waals surface area contributed by atoms with Gasteiger partial charge >= 0.3 is 6.09 Å². The minimum absolute atomic E-state index is 0.240. The van der Waals surface area contributed by atoms with Crippen LogP contribution in [0.3, 0.4) is 0 Å². The van der Waals surface area contributed by atoms with Crippen LogP contribution >= 0.6 is 0 Å². The molecule has 2 aliphatic heterocycles. The summed E-state index contributed by atoms with van der Waals surface area (Å²) in [6.45, 7) is 2.29. The molecule has 0 saturated carbocycles. The molecule has 6 heteroatoms. The molecule has 0 radical (unpaired) electrons. The Balaban J connectivity index is 1.89. The Kier molecular flexibility index (Phi) is 3.14. The lowest BCUT2D eigenvalue weighted by molar-refractivity contribution is -0.132. The zero-order valence-corrected chi connectivity index (χ0v) is 11.0. The van der Waals surface area contributed by atoms with Gasteiger partial charge in [-0.1, -0.05) is 35.5 Å². The van der Waals surface area contributed by atoms with Crippen molar-refractivity contribution in [2.24, 2.45) is 11.1 Å². The second kappa shape index (κ2) is 4.96. The molecule has 0 spiro atoms. The molecule has 3 rings (SSSR count). The fourth-order valence-electron chi connectivity index (χ4n) is 2.40. The molecule has 2 amide bonds. The molecule has 1 fully saturated rings. The number of rotatable bonds is 2. The number of ether oxygens (including phenoxy) is 1. The normalized spacial score (nSPS) is 25.1. The zero-order valence-electron chi connectivity index (χ0n) is 11.0. The van der Waals surface area contributed by atoms with Crippen LogP contribution in [0.25, 0.3) is 0 Å². The summed E-state index contributed by atoms with van der Waals surface area (Å²) in [7, 11) is 0. The van der Waals surface area contributed by atoms with Gasteiger partial charge in [-0.3, -0.25) is 4.79 Å². The Morgan fingerprint density at radius 2 is 2.10 bits per heavy atom. The average Bonchev–Trinajstić information content (AvgIpc) is 3.05. The minimum atomic E-state index is -0.596. The van der Waals surface area contributed by atoms with E-state index in [-0.39, 0.29) is 19.1 Å². The molecule has 0 N–H and O–H groups in total. The van der Waals surface area contributed by atoms with Gasteiger partial charge in [0.1, 0.15) is 24.3 Å². The van der Waals surface area contributed by atoms with Crippen LogP contribution in [0.5, 0.6) is 0 Å². The van der Waals surface area contributed by atoms with E-state index in [9.17, 15) is 9.59 Å². The quantitative estimate of drug-likeness (QED) is 0.817. The fraction of sp³-hybridized carbons (Fsp3) is 0.357. The summed E-state index contributed by atoms with van der Waals surface area (Å²) in [4.78, 5) is 30.4. The van der Waals surface area contributed by atoms with Crippen molar-refractivity contribution in [1.82, 2.24) is 4.90 Å². The summed E-state index contributed by atoms with van der Waals surface area (Å²) in [6.07, 6.45) is -0.993. The smallest absolute Gasteiger partial charge is 0.416 e. The van der Waals surface area contributed by atoms with Crippen molar-refractivity contribution in [1.29, 1.82) is 0 Å². The Hall–Kier alpha value is -2.37. The first-order chi connectivity index (χ1) is 9.68. The summed E-state index contributed by atoms with van der Waals surface area (Å²) in [5, 5.41) is 4.00. The van der Waals surface area contributed by atoms with E-state index in [0.29, 0.717) is 5.71 Å². The van der Waals surface area contributed by atoms with Crippen LogP contribution in [0.1, 0.15) is 12.5 Å². The molecule has 0 bridgehead atoms. The van der Waals surface area contributed by atoms with Gasteiger partial charge in [-0.15, -0.1) is 0 Å². The summed E-state index contributed by atoms with van der Waals surface area (Å²) in [6, 6.07) is 9.35. The number of carbonyl (C=O) groups excluding carboxylic acids is 2. The highest BCUT2D eigenvalue weighted by Gasteiger charge is 2.43. The van der Waals surface area contributed by atoms with Gasteiger partial charge in [0.05, 0.1) is 6.54 Å². The van der Waals surface area contributed by atoms with E-state index in [0.717, 1.165) is 10.5 Å². The first kappa shape index (κ1) is 12.7. The van der Waals surface area contributed by atoms with Crippen molar-refractivity contribution >= 4 is 17.7 Å². The standard InChI is InChI=1S/C14H14N2O4/c1-9-11(13(17)16-7-8-19-14(16)18)12(15-20-9)10-5-3-2-4-6-10/h2-6,9,11H,7-8H2,1H3/t9-,11-/m1/s1. The highest BCUT2D eigenvalue weighted by molar-refractivity contribution is 6.16. The molecule has 20 heavy (non-hydrogen) atoms. The van der Waals surface area contributed by atoms with Crippen LogP contribution < -0.4 is 0 Å². The lowest BCUT2D eigenvalue weighted by atomic mass is 9.92. The molecule has 2 heterocycles. The molecule has 1 aromatic rings. The van der Waals surface area contributed by atoms with Crippen LogP contribution in [0.2, 0.25) is 0 Å².